The molecule has 26 heavy (non-hydrogen) atoms. The van der Waals surface area contributed by atoms with E-state index in [1.807, 2.05) is 0 Å². The summed E-state index contributed by atoms with van der Waals surface area (Å²) in [6.45, 7) is 5.83. The van der Waals surface area contributed by atoms with E-state index in [0.717, 1.165) is 0 Å². The Morgan fingerprint density at radius 1 is 1.19 bits per heavy atom. The van der Waals surface area contributed by atoms with E-state index in [4.69, 9.17) is 14.2 Å². The molecule has 1 unspecified atom stereocenters. The molecule has 1 N–H and O–H groups in total. The molecule has 0 aliphatic carbocycles. The van der Waals surface area contributed by atoms with Crippen LogP contribution in [-0.2, 0) is 14.8 Å². The minimum Gasteiger partial charge on any atom is -0.493 e. The van der Waals surface area contributed by atoms with Crippen LogP contribution in [0.25, 0.3) is 0 Å². The smallest absolute Gasteiger partial charge is 0.407 e. The van der Waals surface area contributed by atoms with Crippen molar-refractivity contribution in [2.45, 2.75) is 43.7 Å². The highest BCUT2D eigenvalue weighted by atomic mass is 32.2. The van der Waals surface area contributed by atoms with Gasteiger partial charge in [0.25, 0.3) is 0 Å². The molecule has 0 saturated carbocycles. The van der Waals surface area contributed by atoms with Crippen molar-refractivity contribution in [2.75, 3.05) is 27.3 Å². The molecule has 1 fully saturated rings. The average Bonchev–Trinajstić information content (AvgIpc) is 3.01. The molecule has 146 valence electrons. The number of carbonyl (C=O) groups is 1. The fourth-order valence-corrected chi connectivity index (χ4v) is 4.18. The Hall–Kier alpha value is -2.00. The molecule has 0 aromatic heterocycles. The van der Waals surface area contributed by atoms with Gasteiger partial charge in [0.1, 0.15) is 5.60 Å². The molecule has 9 heteroatoms. The molecule has 1 heterocycles. The first-order valence-electron chi connectivity index (χ1n) is 8.28. The fraction of sp³-hybridized carbons (Fsp3) is 0.588. The molecule has 1 atom stereocenters. The lowest BCUT2D eigenvalue weighted by Gasteiger charge is -2.22. The number of methoxy groups -OCH3 is 2. The average molecular weight is 386 g/mol. The van der Waals surface area contributed by atoms with Gasteiger partial charge in [-0.1, -0.05) is 0 Å². The van der Waals surface area contributed by atoms with Crippen molar-refractivity contribution in [3.05, 3.63) is 18.2 Å². The van der Waals surface area contributed by atoms with Crippen LogP contribution in [0.2, 0.25) is 0 Å². The van der Waals surface area contributed by atoms with E-state index in [1.54, 1.807) is 26.8 Å². The summed E-state index contributed by atoms with van der Waals surface area (Å²) >= 11 is 0. The van der Waals surface area contributed by atoms with Gasteiger partial charge in [0.2, 0.25) is 10.0 Å². The van der Waals surface area contributed by atoms with Gasteiger partial charge in [-0.05, 0) is 39.3 Å². The normalized spacial score (nSPS) is 18.4. The van der Waals surface area contributed by atoms with Crippen molar-refractivity contribution in [1.82, 2.24) is 9.62 Å². The number of hydrogen-bond donors (Lipinski definition) is 1. The molecule has 1 aromatic carbocycles. The van der Waals surface area contributed by atoms with Gasteiger partial charge in [-0.25, -0.2) is 13.2 Å². The van der Waals surface area contributed by atoms with Crippen molar-refractivity contribution < 1.29 is 27.4 Å². The van der Waals surface area contributed by atoms with E-state index in [0.29, 0.717) is 24.5 Å². The fourth-order valence-electron chi connectivity index (χ4n) is 2.66. The van der Waals surface area contributed by atoms with E-state index in [-0.39, 0.29) is 17.5 Å². The zero-order chi connectivity index (χ0) is 19.5. The summed E-state index contributed by atoms with van der Waals surface area (Å²) in [5.41, 5.74) is -0.603. The minimum atomic E-state index is -3.69. The Bertz CT molecular complexity index is 757. The number of nitrogens with zero attached hydrogens (tertiary/aromatic N) is 1. The largest absolute Gasteiger partial charge is 0.493 e. The maximum atomic E-state index is 12.8. The number of ether oxygens (including phenoxy) is 3. The van der Waals surface area contributed by atoms with Crippen LogP contribution in [0.5, 0.6) is 11.5 Å². The van der Waals surface area contributed by atoms with Crippen LogP contribution < -0.4 is 14.8 Å². The van der Waals surface area contributed by atoms with Crippen LogP contribution in [-0.4, -0.2) is 57.8 Å². The lowest BCUT2D eigenvalue weighted by Crippen LogP contribution is -2.41. The summed E-state index contributed by atoms with van der Waals surface area (Å²) in [4.78, 5) is 12.0. The molecule has 1 amide bonds. The molecular weight excluding hydrogens is 360 g/mol. The third-order valence-electron chi connectivity index (χ3n) is 3.86. The Morgan fingerprint density at radius 3 is 2.42 bits per heavy atom. The number of nitrogens with one attached hydrogen (secondary N) is 1. The summed E-state index contributed by atoms with van der Waals surface area (Å²) < 4.78 is 42.6. The van der Waals surface area contributed by atoms with Crippen molar-refractivity contribution in [1.29, 1.82) is 0 Å². The summed E-state index contributed by atoms with van der Waals surface area (Å²) in [5.74, 6) is 0.800. The molecule has 0 bridgehead atoms. The van der Waals surface area contributed by atoms with Gasteiger partial charge in [0, 0.05) is 25.2 Å². The molecule has 1 aliphatic rings. The highest BCUT2D eigenvalue weighted by Crippen LogP contribution is 2.31. The maximum absolute atomic E-state index is 12.8. The lowest BCUT2D eigenvalue weighted by molar-refractivity contribution is 0.0507. The standard InChI is InChI=1S/C17H26N2O6S/c1-17(2,3)25-16(20)18-12-8-9-19(11-12)26(21,22)13-6-7-14(23-4)15(10-13)24-5/h6-7,10,12H,8-9,11H2,1-5H3,(H,18,20). The maximum Gasteiger partial charge on any atom is 0.407 e. The summed E-state index contributed by atoms with van der Waals surface area (Å²) in [6, 6.07) is 4.17. The van der Waals surface area contributed by atoms with Crippen molar-refractivity contribution in [2.24, 2.45) is 0 Å². The first kappa shape index (κ1) is 20.3. The summed E-state index contributed by atoms with van der Waals surface area (Å²) in [5, 5.41) is 2.72. The monoisotopic (exact) mass is 386 g/mol. The number of hydrogen-bond acceptors (Lipinski definition) is 6. The molecule has 1 aromatic rings. The molecular formula is C17H26N2O6S. The van der Waals surface area contributed by atoms with Crippen LogP contribution in [0.15, 0.2) is 23.1 Å². The number of alkyl carbamates (subject to hydrolysis) is 1. The predicted molar refractivity (Wildman–Crippen MR) is 96.1 cm³/mol. The highest BCUT2D eigenvalue weighted by Gasteiger charge is 2.34. The van der Waals surface area contributed by atoms with Gasteiger partial charge in [-0.15, -0.1) is 0 Å². The van der Waals surface area contributed by atoms with Gasteiger partial charge < -0.3 is 19.5 Å². The van der Waals surface area contributed by atoms with Gasteiger partial charge in [0.05, 0.1) is 19.1 Å². The Balaban J connectivity index is 2.08. The third-order valence-corrected chi connectivity index (χ3v) is 5.73. The van der Waals surface area contributed by atoms with Crippen LogP contribution >= 0.6 is 0 Å². The molecule has 2 rings (SSSR count). The van der Waals surface area contributed by atoms with Crippen LogP contribution in [0.3, 0.4) is 0 Å². The van der Waals surface area contributed by atoms with Crippen LogP contribution in [0.4, 0.5) is 4.79 Å². The van der Waals surface area contributed by atoms with E-state index in [9.17, 15) is 13.2 Å². The van der Waals surface area contributed by atoms with Crippen molar-refractivity contribution in [3.63, 3.8) is 0 Å². The summed E-state index contributed by atoms with van der Waals surface area (Å²) in [7, 11) is -0.760. The zero-order valence-corrected chi connectivity index (χ0v) is 16.6. The minimum absolute atomic E-state index is 0.119. The molecule has 8 nitrogen and oxygen atoms in total. The van der Waals surface area contributed by atoms with Gasteiger partial charge in [-0.2, -0.15) is 4.31 Å². The van der Waals surface area contributed by atoms with E-state index in [1.165, 1.54) is 30.7 Å². The highest BCUT2D eigenvalue weighted by molar-refractivity contribution is 7.89. The van der Waals surface area contributed by atoms with E-state index < -0.39 is 21.7 Å². The van der Waals surface area contributed by atoms with Gasteiger partial charge in [0.15, 0.2) is 11.5 Å². The first-order chi connectivity index (χ1) is 12.1. The van der Waals surface area contributed by atoms with Gasteiger partial charge >= 0.3 is 6.09 Å². The number of amides is 1. The molecule has 1 saturated heterocycles. The predicted octanol–water partition coefficient (Wildman–Crippen LogP) is 1.99. The Kier molecular flexibility index (Phi) is 6.02. The van der Waals surface area contributed by atoms with Crippen LogP contribution in [0, 0.1) is 0 Å². The van der Waals surface area contributed by atoms with Crippen LogP contribution in [0.1, 0.15) is 27.2 Å². The quantitative estimate of drug-likeness (QED) is 0.832. The van der Waals surface area contributed by atoms with Gasteiger partial charge in [-0.3, -0.25) is 0 Å². The van der Waals surface area contributed by atoms with Crippen molar-refractivity contribution >= 4 is 16.1 Å². The molecule has 0 spiro atoms. The molecule has 1 aliphatic heterocycles. The summed E-state index contributed by atoms with van der Waals surface area (Å²) in [6.07, 6.45) is -0.0287. The second kappa shape index (κ2) is 7.71. The lowest BCUT2D eigenvalue weighted by atomic mass is 10.2. The Labute approximate surface area is 154 Å². The number of rotatable bonds is 5. The van der Waals surface area contributed by atoms with Crippen molar-refractivity contribution in [3.8, 4) is 11.5 Å². The second-order valence-corrected chi connectivity index (χ2v) is 8.95. The topological polar surface area (TPSA) is 94.2 Å². The number of benzene rings is 1. The second-order valence-electron chi connectivity index (χ2n) is 7.01. The molecule has 0 radical (unpaired) electrons. The van der Waals surface area contributed by atoms with E-state index in [2.05, 4.69) is 5.32 Å². The number of carbonyl (C=O) groups excluding carboxylic acids is 1. The first-order valence-corrected chi connectivity index (χ1v) is 9.72. The number of sulfonamides is 1. The Morgan fingerprint density at radius 2 is 1.85 bits per heavy atom. The zero-order valence-electron chi connectivity index (χ0n) is 15.7. The third kappa shape index (κ3) is 4.79. The SMILES string of the molecule is COc1ccc(S(=O)(=O)N2CCC(NC(=O)OC(C)(C)C)C2)cc1OC. The van der Waals surface area contributed by atoms with E-state index >= 15 is 0 Å².